The van der Waals surface area contributed by atoms with Crippen molar-refractivity contribution >= 4 is 17.5 Å². The molecule has 0 amide bonds. The summed E-state index contributed by atoms with van der Waals surface area (Å²) >= 11 is 0. The molecule has 3 aliphatic heterocycles. The van der Waals surface area contributed by atoms with Gasteiger partial charge in [0.25, 0.3) is 0 Å². The highest BCUT2D eigenvalue weighted by Crippen LogP contribution is 2.38. The van der Waals surface area contributed by atoms with Crippen LogP contribution in [0.4, 0.5) is 21.8 Å². The SMILES string of the molecule is CC1(C)C[C@H](Nc2nc(Nc3ccc(O[C@H]4CCOC4)c(C#N)c3)ncc2F)C[C@H]2CCCN21. The number of piperidine rings is 1. The van der Waals surface area contributed by atoms with E-state index in [1.54, 1.807) is 18.2 Å². The topological polar surface area (TPSA) is 95.3 Å². The monoisotopic (exact) mass is 466 g/mol. The lowest BCUT2D eigenvalue weighted by molar-refractivity contribution is 0.0500. The molecule has 1 aromatic carbocycles. The van der Waals surface area contributed by atoms with Gasteiger partial charge in [0, 0.05) is 29.7 Å². The zero-order chi connectivity index (χ0) is 23.7. The number of ether oxygens (including phenoxy) is 2. The quantitative estimate of drug-likeness (QED) is 0.654. The number of nitriles is 1. The van der Waals surface area contributed by atoms with Crippen LogP contribution in [0.3, 0.4) is 0 Å². The minimum atomic E-state index is -0.475. The number of halogens is 1. The molecule has 2 aromatic rings. The highest BCUT2D eigenvalue weighted by atomic mass is 19.1. The van der Waals surface area contributed by atoms with Crippen molar-refractivity contribution in [2.75, 3.05) is 30.4 Å². The van der Waals surface area contributed by atoms with Gasteiger partial charge in [-0.15, -0.1) is 0 Å². The summed E-state index contributed by atoms with van der Waals surface area (Å²) in [5.41, 5.74) is 1.11. The molecule has 34 heavy (non-hydrogen) atoms. The molecule has 0 radical (unpaired) electrons. The van der Waals surface area contributed by atoms with Crippen LogP contribution in [0.15, 0.2) is 24.4 Å². The fourth-order valence-electron chi connectivity index (χ4n) is 5.55. The molecule has 3 saturated heterocycles. The number of fused-ring (bicyclic) bond motifs is 1. The summed E-state index contributed by atoms with van der Waals surface area (Å²) in [4.78, 5) is 11.1. The lowest BCUT2D eigenvalue weighted by atomic mass is 9.84. The summed E-state index contributed by atoms with van der Waals surface area (Å²) in [5.74, 6) is 0.513. The number of aromatic nitrogens is 2. The maximum atomic E-state index is 14.6. The third kappa shape index (κ3) is 4.79. The van der Waals surface area contributed by atoms with E-state index in [9.17, 15) is 9.65 Å². The van der Waals surface area contributed by atoms with Crippen LogP contribution in [0.25, 0.3) is 0 Å². The van der Waals surface area contributed by atoms with Crippen molar-refractivity contribution in [1.82, 2.24) is 14.9 Å². The van der Waals surface area contributed by atoms with E-state index in [2.05, 4.69) is 45.4 Å². The zero-order valence-corrected chi connectivity index (χ0v) is 19.7. The number of nitrogens with zero attached hydrogens (tertiary/aromatic N) is 4. The van der Waals surface area contributed by atoms with Gasteiger partial charge in [0.15, 0.2) is 11.6 Å². The predicted molar refractivity (Wildman–Crippen MR) is 127 cm³/mol. The van der Waals surface area contributed by atoms with E-state index in [0.29, 0.717) is 36.3 Å². The summed E-state index contributed by atoms with van der Waals surface area (Å²) in [6.45, 7) is 6.87. The largest absolute Gasteiger partial charge is 0.487 e. The zero-order valence-electron chi connectivity index (χ0n) is 19.7. The first-order valence-electron chi connectivity index (χ1n) is 12.0. The Bertz CT molecular complexity index is 1080. The van der Waals surface area contributed by atoms with E-state index in [-0.39, 0.29) is 29.5 Å². The molecule has 0 saturated carbocycles. The minimum Gasteiger partial charge on any atom is -0.487 e. The molecule has 8 nitrogen and oxygen atoms in total. The summed E-state index contributed by atoms with van der Waals surface area (Å²) in [7, 11) is 0. The first kappa shape index (κ1) is 22.8. The molecular weight excluding hydrogens is 435 g/mol. The van der Waals surface area contributed by atoms with Crippen molar-refractivity contribution in [2.24, 2.45) is 0 Å². The lowest BCUT2D eigenvalue weighted by Gasteiger charge is -2.47. The van der Waals surface area contributed by atoms with Gasteiger partial charge in [-0.1, -0.05) is 0 Å². The van der Waals surface area contributed by atoms with Gasteiger partial charge in [0.1, 0.15) is 17.9 Å². The third-order valence-corrected chi connectivity index (χ3v) is 7.08. The maximum absolute atomic E-state index is 14.6. The molecule has 180 valence electrons. The molecule has 3 atom stereocenters. The molecule has 2 N–H and O–H groups in total. The molecule has 0 aliphatic carbocycles. The summed E-state index contributed by atoms with van der Waals surface area (Å²) < 4.78 is 25.8. The number of rotatable bonds is 6. The van der Waals surface area contributed by atoms with Crippen LogP contribution in [0.2, 0.25) is 0 Å². The van der Waals surface area contributed by atoms with Gasteiger partial charge in [-0.25, -0.2) is 9.37 Å². The number of anilines is 3. The van der Waals surface area contributed by atoms with Crippen LogP contribution < -0.4 is 15.4 Å². The summed E-state index contributed by atoms with van der Waals surface area (Å²) in [6, 6.07) is 8.08. The van der Waals surface area contributed by atoms with E-state index in [1.165, 1.54) is 19.0 Å². The average Bonchev–Trinajstić information content (AvgIpc) is 3.49. The highest BCUT2D eigenvalue weighted by molar-refractivity contribution is 5.61. The molecule has 9 heteroatoms. The molecule has 1 aromatic heterocycles. The minimum absolute atomic E-state index is 0.0407. The Morgan fingerprint density at radius 1 is 1.32 bits per heavy atom. The van der Waals surface area contributed by atoms with Gasteiger partial charge >= 0.3 is 0 Å². The molecule has 3 fully saturated rings. The fourth-order valence-corrected chi connectivity index (χ4v) is 5.55. The normalized spacial score (nSPS) is 26.0. The van der Waals surface area contributed by atoms with Crippen LogP contribution in [0, 0.1) is 17.1 Å². The van der Waals surface area contributed by atoms with Crippen molar-refractivity contribution in [2.45, 2.75) is 69.7 Å². The molecule has 0 unspecified atom stereocenters. The third-order valence-electron chi connectivity index (χ3n) is 7.08. The molecule has 0 bridgehead atoms. The molecular formula is C25H31FN6O2. The summed E-state index contributed by atoms with van der Waals surface area (Å²) in [6.07, 6.45) is 6.26. The average molecular weight is 467 g/mol. The number of benzene rings is 1. The van der Waals surface area contributed by atoms with Crippen molar-refractivity contribution in [3.8, 4) is 11.8 Å². The van der Waals surface area contributed by atoms with Crippen molar-refractivity contribution in [3.05, 3.63) is 35.8 Å². The first-order chi connectivity index (χ1) is 16.4. The Labute approximate surface area is 199 Å². The van der Waals surface area contributed by atoms with Gasteiger partial charge in [-0.3, -0.25) is 4.90 Å². The molecule has 4 heterocycles. The van der Waals surface area contributed by atoms with Crippen LogP contribution in [-0.2, 0) is 4.74 Å². The molecule has 3 aliphatic rings. The highest BCUT2D eigenvalue weighted by Gasteiger charge is 2.43. The second-order valence-corrected chi connectivity index (χ2v) is 10.0. The summed E-state index contributed by atoms with van der Waals surface area (Å²) in [5, 5.41) is 16.0. The fraction of sp³-hybridized carbons (Fsp3) is 0.560. The van der Waals surface area contributed by atoms with Gasteiger partial charge in [0.2, 0.25) is 5.95 Å². The van der Waals surface area contributed by atoms with Crippen molar-refractivity contribution < 1.29 is 13.9 Å². The lowest BCUT2D eigenvalue weighted by Crippen LogP contribution is -2.55. The standard InChI is InChI=1S/C25H31FN6O2/c1-25(2)12-18(11-19-4-3-8-32(19)25)29-23-21(26)14-28-24(31-23)30-17-5-6-22(16(10-17)13-27)34-20-7-9-33-15-20/h5-6,10,14,18-20H,3-4,7-9,11-12,15H2,1-2H3,(H2,28,29,30,31)/t18-,19-,20+/m1/s1. The maximum Gasteiger partial charge on any atom is 0.229 e. The van der Waals surface area contributed by atoms with Gasteiger partial charge < -0.3 is 20.1 Å². The number of hydrogen-bond donors (Lipinski definition) is 2. The van der Waals surface area contributed by atoms with E-state index < -0.39 is 5.82 Å². The van der Waals surface area contributed by atoms with Gasteiger partial charge in [-0.05, 0) is 64.3 Å². The van der Waals surface area contributed by atoms with Crippen LogP contribution in [-0.4, -0.2) is 58.4 Å². The predicted octanol–water partition coefficient (Wildman–Crippen LogP) is 4.22. The van der Waals surface area contributed by atoms with Crippen molar-refractivity contribution in [3.63, 3.8) is 0 Å². The number of nitrogens with one attached hydrogen (secondary N) is 2. The van der Waals surface area contributed by atoms with Crippen LogP contribution in [0.5, 0.6) is 5.75 Å². The Hall–Kier alpha value is -2.96. The number of hydrogen-bond acceptors (Lipinski definition) is 8. The first-order valence-corrected chi connectivity index (χ1v) is 12.0. The van der Waals surface area contributed by atoms with Crippen LogP contribution in [0.1, 0.15) is 51.5 Å². The Kier molecular flexibility index (Phi) is 6.28. The van der Waals surface area contributed by atoms with Crippen LogP contribution >= 0.6 is 0 Å². The molecule has 5 rings (SSSR count). The van der Waals surface area contributed by atoms with E-state index >= 15 is 0 Å². The Morgan fingerprint density at radius 3 is 3.00 bits per heavy atom. The molecule has 0 spiro atoms. The van der Waals surface area contributed by atoms with E-state index in [1.807, 2.05) is 0 Å². The second-order valence-electron chi connectivity index (χ2n) is 10.0. The van der Waals surface area contributed by atoms with Crippen molar-refractivity contribution in [1.29, 1.82) is 5.26 Å². The smallest absolute Gasteiger partial charge is 0.229 e. The van der Waals surface area contributed by atoms with Gasteiger partial charge in [-0.2, -0.15) is 10.2 Å². The Balaban J connectivity index is 1.29. The van der Waals surface area contributed by atoms with E-state index in [4.69, 9.17) is 9.47 Å². The second kappa shape index (κ2) is 9.35. The Morgan fingerprint density at radius 2 is 2.21 bits per heavy atom. The van der Waals surface area contributed by atoms with Gasteiger partial charge in [0.05, 0.1) is 25.0 Å². The van der Waals surface area contributed by atoms with E-state index in [0.717, 1.165) is 25.8 Å².